The molecule has 0 bridgehead atoms. The topological polar surface area (TPSA) is 35.2 Å². The van der Waals surface area contributed by atoms with E-state index in [1.807, 2.05) is 0 Å². The fourth-order valence-corrected chi connectivity index (χ4v) is 1.61. The van der Waals surface area contributed by atoms with Gasteiger partial charge in [0.05, 0.1) is 3.57 Å². The van der Waals surface area contributed by atoms with Gasteiger partial charge >= 0.3 is 6.36 Å². The third-order valence-electron chi connectivity index (χ3n) is 1.49. The van der Waals surface area contributed by atoms with Gasteiger partial charge in [0.1, 0.15) is 5.75 Å². The molecule has 2 nitrogen and oxygen atoms in total. The van der Waals surface area contributed by atoms with Crippen molar-refractivity contribution in [3.05, 3.63) is 27.3 Å². The summed E-state index contributed by atoms with van der Waals surface area (Å²) in [5.41, 5.74) is 5.63. The molecule has 0 heterocycles. The van der Waals surface area contributed by atoms with Crippen LogP contribution in [0.2, 0.25) is 0 Å². The Balaban J connectivity index is 3.05. The minimum Gasteiger partial charge on any atom is -0.404 e. The molecule has 6 heteroatoms. The average molecular weight is 317 g/mol. The number of alkyl halides is 3. The third-order valence-corrected chi connectivity index (χ3v) is 2.34. The highest BCUT2D eigenvalue weighted by Crippen LogP contribution is 2.30. The van der Waals surface area contributed by atoms with Gasteiger partial charge < -0.3 is 10.5 Å². The molecule has 0 spiro atoms. The highest BCUT2D eigenvalue weighted by Gasteiger charge is 2.32. The Kier molecular flexibility index (Phi) is 3.59. The first kappa shape index (κ1) is 11.6. The van der Waals surface area contributed by atoms with Crippen molar-refractivity contribution >= 4 is 22.6 Å². The first-order valence-corrected chi connectivity index (χ1v) is 4.75. The van der Waals surface area contributed by atoms with E-state index in [2.05, 4.69) is 4.74 Å². The van der Waals surface area contributed by atoms with Crippen LogP contribution >= 0.6 is 22.6 Å². The van der Waals surface area contributed by atoms with Gasteiger partial charge in [-0.1, -0.05) is 12.1 Å². The second-order valence-corrected chi connectivity index (χ2v) is 3.64. The maximum Gasteiger partial charge on any atom is 0.573 e. The molecule has 1 rings (SSSR count). The van der Waals surface area contributed by atoms with E-state index in [4.69, 9.17) is 5.73 Å². The van der Waals surface area contributed by atoms with Crippen molar-refractivity contribution in [2.45, 2.75) is 12.9 Å². The zero-order valence-corrected chi connectivity index (χ0v) is 9.09. The first-order chi connectivity index (χ1) is 6.44. The summed E-state index contributed by atoms with van der Waals surface area (Å²) < 4.78 is 40.2. The lowest BCUT2D eigenvalue weighted by molar-refractivity contribution is -0.275. The predicted molar refractivity (Wildman–Crippen MR) is 53.7 cm³/mol. The van der Waals surface area contributed by atoms with Gasteiger partial charge in [0.15, 0.2) is 0 Å². The van der Waals surface area contributed by atoms with E-state index in [0.29, 0.717) is 9.13 Å². The van der Waals surface area contributed by atoms with E-state index in [1.54, 1.807) is 28.7 Å². The fraction of sp³-hybridized carbons (Fsp3) is 0.250. The molecule has 0 aliphatic heterocycles. The number of ether oxygens (including phenoxy) is 1. The van der Waals surface area contributed by atoms with Crippen molar-refractivity contribution in [1.82, 2.24) is 0 Å². The third kappa shape index (κ3) is 3.02. The SMILES string of the molecule is NCc1cccc(I)c1OC(F)(F)F. The molecule has 0 saturated heterocycles. The summed E-state index contributed by atoms with van der Waals surface area (Å²) in [4.78, 5) is 0. The molecule has 0 radical (unpaired) electrons. The van der Waals surface area contributed by atoms with Crippen LogP contribution in [0.3, 0.4) is 0 Å². The van der Waals surface area contributed by atoms with Gasteiger partial charge in [-0.3, -0.25) is 0 Å². The summed E-state index contributed by atoms with van der Waals surface area (Å²) in [7, 11) is 0. The molecular formula is C8H7F3INO. The fourth-order valence-electron chi connectivity index (χ4n) is 0.944. The number of benzene rings is 1. The molecule has 0 fully saturated rings. The number of nitrogens with two attached hydrogens (primary N) is 1. The zero-order chi connectivity index (χ0) is 10.8. The van der Waals surface area contributed by atoms with Crippen molar-refractivity contribution in [2.75, 3.05) is 0 Å². The lowest BCUT2D eigenvalue weighted by Crippen LogP contribution is -2.19. The zero-order valence-electron chi connectivity index (χ0n) is 6.94. The van der Waals surface area contributed by atoms with Gasteiger partial charge in [0.25, 0.3) is 0 Å². The first-order valence-electron chi connectivity index (χ1n) is 3.67. The summed E-state index contributed by atoms with van der Waals surface area (Å²) in [6, 6.07) is 4.66. The Morgan fingerprint density at radius 2 is 2.00 bits per heavy atom. The van der Waals surface area contributed by atoms with Crippen LogP contribution in [0.5, 0.6) is 5.75 Å². The van der Waals surface area contributed by atoms with Crippen LogP contribution < -0.4 is 10.5 Å². The molecule has 0 saturated carbocycles. The second kappa shape index (κ2) is 4.35. The summed E-state index contributed by atoms with van der Waals surface area (Å²) in [6.07, 6.45) is -4.68. The van der Waals surface area contributed by atoms with Crippen molar-refractivity contribution in [3.8, 4) is 5.75 Å². The lowest BCUT2D eigenvalue weighted by Gasteiger charge is -2.13. The smallest absolute Gasteiger partial charge is 0.404 e. The molecule has 0 unspecified atom stereocenters. The highest BCUT2D eigenvalue weighted by molar-refractivity contribution is 14.1. The Labute approximate surface area is 92.4 Å². The maximum atomic E-state index is 12.0. The molecule has 0 aliphatic rings. The monoisotopic (exact) mass is 317 g/mol. The molecule has 78 valence electrons. The summed E-state index contributed by atoms with van der Waals surface area (Å²) in [5, 5.41) is 0. The van der Waals surface area contributed by atoms with Crippen molar-refractivity contribution < 1.29 is 17.9 Å². The van der Waals surface area contributed by atoms with Gasteiger partial charge in [-0.05, 0) is 28.7 Å². The number of halogens is 4. The van der Waals surface area contributed by atoms with E-state index in [-0.39, 0.29) is 12.3 Å². The Morgan fingerprint density at radius 3 is 2.50 bits per heavy atom. The quantitative estimate of drug-likeness (QED) is 0.851. The number of hydrogen-bond donors (Lipinski definition) is 1. The molecule has 0 aliphatic carbocycles. The number of para-hydroxylation sites is 1. The van der Waals surface area contributed by atoms with Crippen LogP contribution in [0.4, 0.5) is 13.2 Å². The Bertz CT molecular complexity index is 327. The van der Waals surface area contributed by atoms with Gasteiger partial charge in [0, 0.05) is 12.1 Å². The minimum absolute atomic E-state index is 0.0161. The van der Waals surface area contributed by atoms with Gasteiger partial charge in [-0.25, -0.2) is 0 Å². The largest absolute Gasteiger partial charge is 0.573 e. The summed E-state index contributed by atoms with van der Waals surface area (Å²) in [6.45, 7) is 0.0161. The molecule has 2 N–H and O–H groups in total. The van der Waals surface area contributed by atoms with Crippen LogP contribution in [-0.4, -0.2) is 6.36 Å². The molecule has 0 amide bonds. The molecule has 0 atom stereocenters. The van der Waals surface area contributed by atoms with Crippen LogP contribution in [0.1, 0.15) is 5.56 Å². The van der Waals surface area contributed by atoms with Crippen molar-refractivity contribution in [1.29, 1.82) is 0 Å². The Morgan fingerprint density at radius 1 is 1.36 bits per heavy atom. The number of hydrogen-bond acceptors (Lipinski definition) is 2. The van der Waals surface area contributed by atoms with Crippen LogP contribution in [0.15, 0.2) is 18.2 Å². The predicted octanol–water partition coefficient (Wildman–Crippen LogP) is 2.65. The Hall–Kier alpha value is -0.500. The molecule has 1 aromatic carbocycles. The molecule has 14 heavy (non-hydrogen) atoms. The summed E-state index contributed by atoms with van der Waals surface area (Å²) in [5.74, 6) is -0.205. The highest BCUT2D eigenvalue weighted by atomic mass is 127. The molecular weight excluding hydrogens is 310 g/mol. The van der Waals surface area contributed by atoms with E-state index in [1.165, 1.54) is 12.1 Å². The van der Waals surface area contributed by atoms with Crippen molar-refractivity contribution in [3.63, 3.8) is 0 Å². The second-order valence-electron chi connectivity index (χ2n) is 2.48. The van der Waals surface area contributed by atoms with Crippen molar-refractivity contribution in [2.24, 2.45) is 5.73 Å². The minimum atomic E-state index is -4.68. The summed E-state index contributed by atoms with van der Waals surface area (Å²) >= 11 is 1.77. The van der Waals surface area contributed by atoms with Gasteiger partial charge in [-0.15, -0.1) is 13.2 Å². The van der Waals surface area contributed by atoms with E-state index in [9.17, 15) is 13.2 Å². The molecule has 1 aromatic rings. The average Bonchev–Trinajstić information content (AvgIpc) is 2.06. The lowest BCUT2D eigenvalue weighted by atomic mass is 10.2. The normalized spacial score (nSPS) is 11.5. The van der Waals surface area contributed by atoms with E-state index in [0.717, 1.165) is 0 Å². The van der Waals surface area contributed by atoms with E-state index < -0.39 is 6.36 Å². The van der Waals surface area contributed by atoms with Crippen LogP contribution in [-0.2, 0) is 6.54 Å². The van der Waals surface area contributed by atoms with Gasteiger partial charge in [0.2, 0.25) is 0 Å². The molecule has 0 aromatic heterocycles. The van der Waals surface area contributed by atoms with Crippen LogP contribution in [0, 0.1) is 3.57 Å². The van der Waals surface area contributed by atoms with Crippen LogP contribution in [0.25, 0.3) is 0 Å². The maximum absolute atomic E-state index is 12.0. The van der Waals surface area contributed by atoms with E-state index >= 15 is 0 Å². The van der Waals surface area contributed by atoms with Gasteiger partial charge in [-0.2, -0.15) is 0 Å². The number of rotatable bonds is 2. The standard InChI is InChI=1S/C8H7F3INO/c9-8(10,11)14-7-5(4-13)2-1-3-6(7)12/h1-3H,4,13H2.